The number of hydrogen-bond acceptors (Lipinski definition) is 4. The lowest BCUT2D eigenvalue weighted by atomic mass is 10.1. The maximum Gasteiger partial charge on any atom is 0.191 e. The second kappa shape index (κ2) is 10.6. The quantitative estimate of drug-likeness (QED) is 0.577. The van der Waals surface area contributed by atoms with Crippen molar-refractivity contribution in [2.45, 2.75) is 44.6 Å². The normalized spacial score (nSPS) is 21.5. The molecule has 1 atom stereocenters. The first-order chi connectivity index (χ1) is 12.9. The monoisotopic (exact) mass is 361 g/mol. The maximum absolute atomic E-state index is 5.73. The lowest BCUT2D eigenvalue weighted by Crippen LogP contribution is -2.46. The van der Waals surface area contributed by atoms with Crippen molar-refractivity contribution in [3.63, 3.8) is 0 Å². The van der Waals surface area contributed by atoms with Crippen LogP contribution in [0.15, 0.2) is 27.8 Å². The molecular weight excluding hydrogens is 326 g/mol. The third kappa shape index (κ3) is 5.74. The molecule has 26 heavy (non-hydrogen) atoms. The van der Waals surface area contributed by atoms with Gasteiger partial charge in [0.2, 0.25) is 0 Å². The molecule has 146 valence electrons. The van der Waals surface area contributed by atoms with Crippen molar-refractivity contribution < 1.29 is 4.42 Å². The van der Waals surface area contributed by atoms with E-state index >= 15 is 0 Å². The van der Waals surface area contributed by atoms with Crippen LogP contribution in [0.3, 0.4) is 0 Å². The SMILES string of the molecule is CN=C(NCCN1CCCCC1)NCC(c1ccco1)N1CCCCC1. The first kappa shape index (κ1) is 19.2. The highest BCUT2D eigenvalue weighted by Gasteiger charge is 2.24. The van der Waals surface area contributed by atoms with E-state index in [4.69, 9.17) is 4.42 Å². The van der Waals surface area contributed by atoms with E-state index in [1.807, 2.05) is 13.1 Å². The number of nitrogens with one attached hydrogen (secondary N) is 2. The van der Waals surface area contributed by atoms with Crippen molar-refractivity contribution in [2.75, 3.05) is 52.9 Å². The van der Waals surface area contributed by atoms with E-state index < -0.39 is 0 Å². The second-order valence-corrected chi connectivity index (χ2v) is 7.41. The van der Waals surface area contributed by atoms with Gasteiger partial charge in [-0.25, -0.2) is 0 Å². The molecule has 0 saturated carbocycles. The van der Waals surface area contributed by atoms with Crippen LogP contribution in [0, 0.1) is 0 Å². The summed E-state index contributed by atoms with van der Waals surface area (Å²) in [4.78, 5) is 9.48. The molecule has 2 aliphatic heterocycles. The van der Waals surface area contributed by atoms with Crippen molar-refractivity contribution in [2.24, 2.45) is 4.99 Å². The molecule has 2 N–H and O–H groups in total. The summed E-state index contributed by atoms with van der Waals surface area (Å²) in [6, 6.07) is 4.34. The Bertz CT molecular complexity index is 518. The molecular formula is C20H35N5O. The molecule has 0 bridgehead atoms. The van der Waals surface area contributed by atoms with Crippen molar-refractivity contribution in [1.29, 1.82) is 0 Å². The van der Waals surface area contributed by atoms with E-state index in [1.165, 1.54) is 51.6 Å². The first-order valence-electron chi connectivity index (χ1n) is 10.3. The number of guanidine groups is 1. The summed E-state index contributed by atoms with van der Waals surface area (Å²) >= 11 is 0. The minimum Gasteiger partial charge on any atom is -0.468 e. The van der Waals surface area contributed by atoms with Crippen LogP contribution in [0.2, 0.25) is 0 Å². The Balaban J connectivity index is 1.46. The smallest absolute Gasteiger partial charge is 0.191 e. The molecule has 3 rings (SSSR count). The van der Waals surface area contributed by atoms with E-state index in [9.17, 15) is 0 Å². The Hall–Kier alpha value is -1.53. The number of furan rings is 1. The van der Waals surface area contributed by atoms with E-state index in [1.54, 1.807) is 6.26 Å². The molecule has 1 unspecified atom stereocenters. The summed E-state index contributed by atoms with van der Waals surface area (Å²) in [6.45, 7) is 7.62. The fourth-order valence-corrected chi connectivity index (χ4v) is 4.05. The van der Waals surface area contributed by atoms with E-state index in [0.29, 0.717) is 0 Å². The van der Waals surface area contributed by atoms with Crippen LogP contribution in [0.25, 0.3) is 0 Å². The molecule has 2 aliphatic rings. The number of piperidine rings is 2. The highest BCUT2D eigenvalue weighted by atomic mass is 16.3. The van der Waals surface area contributed by atoms with Crippen LogP contribution in [-0.4, -0.2) is 68.6 Å². The van der Waals surface area contributed by atoms with Crippen molar-refractivity contribution in [3.05, 3.63) is 24.2 Å². The van der Waals surface area contributed by atoms with Gasteiger partial charge in [-0.1, -0.05) is 12.8 Å². The third-order valence-corrected chi connectivity index (χ3v) is 5.56. The highest BCUT2D eigenvalue weighted by molar-refractivity contribution is 5.79. The van der Waals surface area contributed by atoms with Crippen molar-refractivity contribution >= 4 is 5.96 Å². The lowest BCUT2D eigenvalue weighted by Gasteiger charge is -2.33. The predicted molar refractivity (Wildman–Crippen MR) is 107 cm³/mol. The Morgan fingerprint density at radius 1 is 1.08 bits per heavy atom. The Labute approximate surface area is 158 Å². The van der Waals surface area contributed by atoms with Crippen LogP contribution in [-0.2, 0) is 0 Å². The molecule has 1 aromatic rings. The summed E-state index contributed by atoms with van der Waals surface area (Å²) in [5.74, 6) is 1.93. The number of nitrogens with zero attached hydrogens (tertiary/aromatic N) is 3. The van der Waals surface area contributed by atoms with Gasteiger partial charge >= 0.3 is 0 Å². The third-order valence-electron chi connectivity index (χ3n) is 5.56. The van der Waals surface area contributed by atoms with Gasteiger partial charge in [-0.15, -0.1) is 0 Å². The topological polar surface area (TPSA) is 56.0 Å². The molecule has 2 saturated heterocycles. The van der Waals surface area contributed by atoms with E-state index in [-0.39, 0.29) is 6.04 Å². The molecule has 0 amide bonds. The molecule has 6 heteroatoms. The fraction of sp³-hybridized carbons (Fsp3) is 0.750. The van der Waals surface area contributed by atoms with E-state index in [0.717, 1.165) is 44.4 Å². The number of likely N-dealkylation sites (tertiary alicyclic amines) is 2. The Kier molecular flexibility index (Phi) is 7.83. The molecule has 0 spiro atoms. The molecule has 0 aromatic carbocycles. The van der Waals surface area contributed by atoms with Crippen LogP contribution >= 0.6 is 0 Å². The molecule has 0 aliphatic carbocycles. The van der Waals surface area contributed by atoms with Gasteiger partial charge in [0.05, 0.1) is 12.3 Å². The van der Waals surface area contributed by atoms with Crippen LogP contribution < -0.4 is 10.6 Å². The van der Waals surface area contributed by atoms with Gasteiger partial charge in [0.15, 0.2) is 5.96 Å². The van der Waals surface area contributed by atoms with E-state index in [2.05, 4.69) is 31.5 Å². The van der Waals surface area contributed by atoms with Crippen LogP contribution in [0.4, 0.5) is 0 Å². The van der Waals surface area contributed by atoms with Gasteiger partial charge in [0.25, 0.3) is 0 Å². The zero-order valence-corrected chi connectivity index (χ0v) is 16.3. The highest BCUT2D eigenvalue weighted by Crippen LogP contribution is 2.24. The van der Waals surface area contributed by atoms with Gasteiger partial charge in [-0.05, 0) is 64.0 Å². The minimum absolute atomic E-state index is 0.269. The summed E-state index contributed by atoms with van der Waals surface area (Å²) in [7, 11) is 1.85. The van der Waals surface area contributed by atoms with Crippen LogP contribution in [0.1, 0.15) is 50.3 Å². The number of hydrogen-bond donors (Lipinski definition) is 2. The number of aliphatic imine (C=N–C) groups is 1. The molecule has 3 heterocycles. The second-order valence-electron chi connectivity index (χ2n) is 7.41. The number of rotatable bonds is 7. The standard InChI is InChI=1S/C20H35N5O/c1-21-20(22-10-15-24-11-4-2-5-12-24)23-17-18(19-9-8-16-26-19)25-13-6-3-7-14-25/h8-9,16,18H,2-7,10-15,17H2,1H3,(H2,21,22,23). The first-order valence-corrected chi connectivity index (χ1v) is 10.3. The summed E-state index contributed by atoms with van der Waals surface area (Å²) in [5.41, 5.74) is 0. The summed E-state index contributed by atoms with van der Waals surface area (Å²) in [5, 5.41) is 6.98. The zero-order chi connectivity index (χ0) is 18.0. The zero-order valence-electron chi connectivity index (χ0n) is 16.3. The maximum atomic E-state index is 5.73. The average Bonchev–Trinajstić information content (AvgIpc) is 3.23. The van der Waals surface area contributed by atoms with Gasteiger partial charge in [0.1, 0.15) is 5.76 Å². The Morgan fingerprint density at radius 2 is 1.81 bits per heavy atom. The average molecular weight is 362 g/mol. The minimum atomic E-state index is 0.269. The van der Waals surface area contributed by atoms with Crippen LogP contribution in [0.5, 0.6) is 0 Å². The lowest BCUT2D eigenvalue weighted by molar-refractivity contribution is 0.146. The largest absolute Gasteiger partial charge is 0.468 e. The molecule has 0 radical (unpaired) electrons. The van der Waals surface area contributed by atoms with Crippen molar-refractivity contribution in [3.8, 4) is 0 Å². The fourth-order valence-electron chi connectivity index (χ4n) is 4.05. The molecule has 2 fully saturated rings. The molecule has 6 nitrogen and oxygen atoms in total. The van der Waals surface area contributed by atoms with Gasteiger partial charge in [-0.3, -0.25) is 9.89 Å². The Morgan fingerprint density at radius 3 is 2.46 bits per heavy atom. The molecule has 1 aromatic heterocycles. The van der Waals surface area contributed by atoms with Crippen molar-refractivity contribution in [1.82, 2.24) is 20.4 Å². The van der Waals surface area contributed by atoms with Gasteiger partial charge in [0, 0.05) is 26.7 Å². The van der Waals surface area contributed by atoms with Gasteiger partial charge in [-0.2, -0.15) is 0 Å². The summed E-state index contributed by atoms with van der Waals surface area (Å²) < 4.78 is 5.73. The summed E-state index contributed by atoms with van der Waals surface area (Å²) in [6.07, 6.45) is 9.74. The van der Waals surface area contributed by atoms with Gasteiger partial charge < -0.3 is 20.0 Å². The predicted octanol–water partition coefficient (Wildman–Crippen LogP) is 2.46.